The predicted molar refractivity (Wildman–Crippen MR) is 89.4 cm³/mol. The van der Waals surface area contributed by atoms with Crippen LogP contribution in [-0.2, 0) is 6.18 Å². The Balaban J connectivity index is 1.99. The molecule has 0 amide bonds. The van der Waals surface area contributed by atoms with Gasteiger partial charge in [-0.2, -0.15) is 18.3 Å². The van der Waals surface area contributed by atoms with Crippen molar-refractivity contribution in [1.82, 2.24) is 5.10 Å². The number of methoxy groups -OCH3 is 1. The van der Waals surface area contributed by atoms with Gasteiger partial charge in [-0.3, -0.25) is 5.73 Å². The van der Waals surface area contributed by atoms with E-state index in [0.717, 1.165) is 11.6 Å². The Hall–Kier alpha value is -3.36. The number of nitrogen functional groups attached to an aromatic ring is 1. The maximum atomic E-state index is 13.1. The van der Waals surface area contributed by atoms with Crippen molar-refractivity contribution in [3.8, 4) is 17.0 Å². The number of nitrogens with one attached hydrogen (secondary N) is 2. The van der Waals surface area contributed by atoms with Gasteiger partial charge in [-0.25, -0.2) is 5.10 Å². The van der Waals surface area contributed by atoms with Crippen LogP contribution in [0.3, 0.4) is 0 Å². The van der Waals surface area contributed by atoms with E-state index in [1.54, 1.807) is 31.4 Å². The lowest BCUT2D eigenvalue weighted by molar-refractivity contribution is -0.432. The monoisotopic (exact) mass is 362 g/mol. The minimum Gasteiger partial charge on any atom is -0.497 e. The Morgan fingerprint density at radius 2 is 1.73 bits per heavy atom. The summed E-state index contributed by atoms with van der Waals surface area (Å²) >= 11 is 0. The molecule has 3 aromatic rings. The number of aromatic amines is 2. The first-order valence-electron chi connectivity index (χ1n) is 7.51. The van der Waals surface area contributed by atoms with Crippen LogP contribution in [0.1, 0.15) is 5.56 Å². The van der Waals surface area contributed by atoms with E-state index < -0.39 is 11.7 Å². The Morgan fingerprint density at radius 1 is 1.04 bits per heavy atom. The summed E-state index contributed by atoms with van der Waals surface area (Å²) in [5.41, 5.74) is 6.11. The molecule has 0 aliphatic carbocycles. The first kappa shape index (κ1) is 17.5. The molecule has 6 nitrogen and oxygen atoms in total. The third-order valence-corrected chi connectivity index (χ3v) is 3.66. The number of hydrogen-bond acceptors (Lipinski definition) is 4. The van der Waals surface area contributed by atoms with Crippen LogP contribution < -0.4 is 15.6 Å². The number of H-pyrrole nitrogens is 2. The lowest BCUT2D eigenvalue weighted by Gasteiger charge is -2.08. The number of nitrogens with two attached hydrogens (primary N) is 1. The number of anilines is 1. The molecule has 0 spiro atoms. The fraction of sp³-hybridized carbons (Fsp3) is 0.118. The third-order valence-electron chi connectivity index (χ3n) is 3.66. The third kappa shape index (κ3) is 3.51. The molecule has 0 fully saturated rings. The Bertz CT molecular complexity index is 932. The van der Waals surface area contributed by atoms with Gasteiger partial charge in [0.1, 0.15) is 11.4 Å². The molecule has 134 valence electrons. The van der Waals surface area contributed by atoms with Crippen molar-refractivity contribution in [3.63, 3.8) is 0 Å². The standard InChI is InChI=1S/C17H14F3N5O/c1-26-11-8-6-10(7-9-11)14-15(16(21)25-23-14)24-22-13-5-3-2-4-12(13)17(18,19)20/h2-9H,1H3,(H3,21,23,25)/p+1. The molecule has 0 radical (unpaired) electrons. The fourth-order valence-corrected chi connectivity index (χ4v) is 2.36. The van der Waals surface area contributed by atoms with E-state index in [2.05, 4.69) is 20.4 Å². The van der Waals surface area contributed by atoms with Gasteiger partial charge in [0.15, 0.2) is 0 Å². The Labute approximate surface area is 146 Å². The molecule has 0 unspecified atom stereocenters. The van der Waals surface area contributed by atoms with Crippen molar-refractivity contribution in [1.29, 1.82) is 0 Å². The summed E-state index contributed by atoms with van der Waals surface area (Å²) in [5.74, 6) is 0.823. The Morgan fingerprint density at radius 3 is 2.38 bits per heavy atom. The molecular formula is C17H15F3N5O+. The van der Waals surface area contributed by atoms with Crippen molar-refractivity contribution in [2.45, 2.75) is 6.18 Å². The number of rotatable bonds is 4. The molecule has 0 bridgehead atoms. The van der Waals surface area contributed by atoms with Crippen LogP contribution in [0.2, 0.25) is 0 Å². The highest BCUT2D eigenvalue weighted by atomic mass is 19.4. The van der Waals surface area contributed by atoms with Crippen LogP contribution in [0.15, 0.2) is 58.8 Å². The van der Waals surface area contributed by atoms with Gasteiger partial charge in [0.2, 0.25) is 5.69 Å². The zero-order valence-electron chi connectivity index (χ0n) is 13.6. The van der Waals surface area contributed by atoms with E-state index in [-0.39, 0.29) is 17.2 Å². The van der Waals surface area contributed by atoms with Crippen molar-refractivity contribution in [2.24, 2.45) is 10.2 Å². The number of halogens is 3. The predicted octanol–water partition coefficient (Wildman–Crippen LogP) is 4.52. The smallest absolute Gasteiger partial charge is 0.418 e. The molecule has 0 saturated heterocycles. The second-order valence-electron chi connectivity index (χ2n) is 5.33. The lowest BCUT2D eigenvalue weighted by Crippen LogP contribution is -2.07. The van der Waals surface area contributed by atoms with Crippen LogP contribution in [0.5, 0.6) is 5.75 Å². The Kier molecular flexibility index (Phi) is 4.61. The summed E-state index contributed by atoms with van der Waals surface area (Å²) in [6.45, 7) is 0. The quantitative estimate of drug-likeness (QED) is 0.668. The minimum atomic E-state index is -4.52. The number of alkyl halides is 3. The summed E-state index contributed by atoms with van der Waals surface area (Å²) in [6, 6.07) is 12.0. The molecule has 0 atom stereocenters. The van der Waals surface area contributed by atoms with Crippen LogP contribution in [-0.4, -0.2) is 12.2 Å². The highest BCUT2D eigenvalue weighted by molar-refractivity contribution is 5.77. The first-order chi connectivity index (χ1) is 12.4. The van der Waals surface area contributed by atoms with Crippen LogP contribution >= 0.6 is 0 Å². The van der Waals surface area contributed by atoms with Gasteiger partial charge in [-0.1, -0.05) is 12.1 Å². The van der Waals surface area contributed by atoms with E-state index in [4.69, 9.17) is 10.5 Å². The van der Waals surface area contributed by atoms with Gasteiger partial charge in [0.05, 0.1) is 18.4 Å². The van der Waals surface area contributed by atoms with E-state index in [1.165, 1.54) is 18.2 Å². The number of benzene rings is 2. The van der Waals surface area contributed by atoms with E-state index in [9.17, 15) is 13.2 Å². The second-order valence-corrected chi connectivity index (χ2v) is 5.33. The molecule has 9 heteroatoms. The average Bonchev–Trinajstić information content (AvgIpc) is 3.00. The maximum absolute atomic E-state index is 13.1. The van der Waals surface area contributed by atoms with Gasteiger partial charge in [0, 0.05) is 5.56 Å². The van der Waals surface area contributed by atoms with Crippen molar-refractivity contribution in [2.75, 3.05) is 12.8 Å². The van der Waals surface area contributed by atoms with E-state index in [1.807, 2.05) is 0 Å². The van der Waals surface area contributed by atoms with E-state index >= 15 is 0 Å². The summed E-state index contributed by atoms with van der Waals surface area (Å²) in [6.07, 6.45) is -4.52. The van der Waals surface area contributed by atoms with Gasteiger partial charge in [-0.15, -0.1) is 10.2 Å². The lowest BCUT2D eigenvalue weighted by atomic mass is 10.1. The van der Waals surface area contributed by atoms with Gasteiger partial charge in [-0.05, 0) is 36.4 Å². The molecule has 26 heavy (non-hydrogen) atoms. The summed E-state index contributed by atoms with van der Waals surface area (Å²) in [5, 5.41) is 13.2. The summed E-state index contributed by atoms with van der Waals surface area (Å²) < 4.78 is 44.3. The largest absolute Gasteiger partial charge is 0.497 e. The molecular weight excluding hydrogens is 347 g/mol. The van der Waals surface area contributed by atoms with Crippen LogP contribution in [0.25, 0.3) is 11.3 Å². The molecule has 0 saturated carbocycles. The van der Waals surface area contributed by atoms with Crippen molar-refractivity contribution >= 4 is 17.2 Å². The minimum absolute atomic E-state index is 0.157. The summed E-state index contributed by atoms with van der Waals surface area (Å²) in [4.78, 5) is 0. The van der Waals surface area contributed by atoms with Gasteiger partial charge >= 0.3 is 12.0 Å². The normalized spacial score (nSPS) is 11.8. The molecule has 0 aliphatic rings. The molecule has 2 aromatic carbocycles. The number of nitrogens with zero attached hydrogens (tertiary/aromatic N) is 2. The first-order valence-corrected chi connectivity index (χ1v) is 7.51. The zero-order chi connectivity index (χ0) is 18.7. The topological polar surface area (TPSA) is 89.9 Å². The van der Waals surface area contributed by atoms with Gasteiger partial charge in [0.25, 0.3) is 0 Å². The fourth-order valence-electron chi connectivity index (χ4n) is 2.36. The number of ether oxygens (including phenoxy) is 1. The number of azo groups is 1. The van der Waals surface area contributed by atoms with Gasteiger partial charge < -0.3 is 4.74 Å². The zero-order valence-corrected chi connectivity index (χ0v) is 13.6. The van der Waals surface area contributed by atoms with Crippen LogP contribution in [0, 0.1) is 0 Å². The maximum Gasteiger partial charge on any atom is 0.418 e. The number of aromatic nitrogens is 2. The molecule has 4 N–H and O–H groups in total. The SMILES string of the molecule is COc1ccc(-c2[nH][nH+]c(N)c2N=Nc2ccccc2C(F)(F)F)cc1. The average molecular weight is 362 g/mol. The molecule has 1 heterocycles. The molecule has 0 aliphatic heterocycles. The second kappa shape index (κ2) is 6.87. The summed E-state index contributed by atoms with van der Waals surface area (Å²) in [7, 11) is 1.55. The van der Waals surface area contributed by atoms with Crippen molar-refractivity contribution < 1.29 is 23.0 Å². The molecule has 1 aromatic heterocycles. The molecule has 3 rings (SSSR count). The highest BCUT2D eigenvalue weighted by Gasteiger charge is 2.33. The van der Waals surface area contributed by atoms with E-state index in [0.29, 0.717) is 11.4 Å². The number of hydrogen-bond donors (Lipinski definition) is 2. The highest BCUT2D eigenvalue weighted by Crippen LogP contribution is 2.38. The van der Waals surface area contributed by atoms with Crippen LogP contribution in [0.4, 0.5) is 30.4 Å². The van der Waals surface area contributed by atoms with Crippen molar-refractivity contribution in [3.05, 3.63) is 54.1 Å².